The zero-order valence-electron chi connectivity index (χ0n) is 18.6. The molecule has 0 aliphatic carbocycles. The van der Waals surface area contributed by atoms with Gasteiger partial charge in [0.15, 0.2) is 17.5 Å². The highest BCUT2D eigenvalue weighted by atomic mass is 16.4. The van der Waals surface area contributed by atoms with Crippen LogP contribution in [0.15, 0.2) is 103 Å². The molecule has 166 valence electrons. The third-order valence-corrected chi connectivity index (χ3v) is 5.99. The van der Waals surface area contributed by atoms with Gasteiger partial charge in [-0.2, -0.15) is 0 Å². The van der Waals surface area contributed by atoms with Crippen LogP contribution in [-0.2, 0) is 0 Å². The Bertz CT molecular complexity index is 1620. The van der Waals surface area contributed by atoms with Gasteiger partial charge in [0, 0.05) is 28.3 Å². The molecule has 6 rings (SSSR count). The largest absolute Gasteiger partial charge is 0.489 e. The lowest BCUT2D eigenvalue weighted by Gasteiger charge is -2.12. The Balaban J connectivity index is 1.61. The molecule has 0 saturated heterocycles. The van der Waals surface area contributed by atoms with Gasteiger partial charge in [0.1, 0.15) is 0 Å². The van der Waals surface area contributed by atoms with Crippen LogP contribution >= 0.6 is 0 Å². The lowest BCUT2D eigenvalue weighted by molar-refractivity contribution is 0.426. The summed E-state index contributed by atoms with van der Waals surface area (Å²) >= 11 is 0. The topological polar surface area (TPSA) is 92.0 Å². The normalized spacial score (nSPS) is 11.1. The van der Waals surface area contributed by atoms with E-state index in [0.717, 1.165) is 27.5 Å². The van der Waals surface area contributed by atoms with Gasteiger partial charge in [-0.1, -0.05) is 78.9 Å². The van der Waals surface area contributed by atoms with Crippen molar-refractivity contribution in [1.82, 2.24) is 19.9 Å². The van der Waals surface area contributed by atoms with E-state index in [0.29, 0.717) is 33.8 Å². The number of pyridine rings is 1. The van der Waals surface area contributed by atoms with Crippen molar-refractivity contribution >= 4 is 34.3 Å². The summed E-state index contributed by atoms with van der Waals surface area (Å²) in [5.74, 6) is 1.74. The van der Waals surface area contributed by atoms with E-state index in [-0.39, 0.29) is 0 Å². The summed E-state index contributed by atoms with van der Waals surface area (Å²) in [7, 11) is -1.58. The van der Waals surface area contributed by atoms with Gasteiger partial charge < -0.3 is 10.0 Å². The molecule has 2 aromatic heterocycles. The predicted octanol–water partition coefficient (Wildman–Crippen LogP) is 4.25. The van der Waals surface area contributed by atoms with E-state index in [1.807, 2.05) is 91.0 Å². The fraction of sp³-hybridized carbons (Fsp3) is 0. The van der Waals surface area contributed by atoms with Crippen LogP contribution in [0.3, 0.4) is 0 Å². The van der Waals surface area contributed by atoms with Crippen LogP contribution < -0.4 is 5.46 Å². The second-order valence-corrected chi connectivity index (χ2v) is 8.21. The first-order valence-electron chi connectivity index (χ1n) is 11.2. The minimum absolute atomic E-state index is 0.417. The van der Waals surface area contributed by atoms with E-state index in [4.69, 9.17) is 15.0 Å². The Morgan fingerprint density at radius 1 is 0.571 bits per heavy atom. The van der Waals surface area contributed by atoms with Crippen LogP contribution in [0.2, 0.25) is 0 Å². The SMILES string of the molecule is OB(O)c1ccnc2cc3c(-c4nc(-c5ccccc5)nc(-c5ccccc5)n4)cccc3cc12. The van der Waals surface area contributed by atoms with Crippen LogP contribution in [-0.4, -0.2) is 37.1 Å². The highest BCUT2D eigenvalue weighted by Crippen LogP contribution is 2.31. The maximum atomic E-state index is 9.80. The molecule has 0 aliphatic rings. The molecule has 2 N–H and O–H groups in total. The van der Waals surface area contributed by atoms with Gasteiger partial charge in [-0.3, -0.25) is 4.98 Å². The van der Waals surface area contributed by atoms with Crippen molar-refractivity contribution in [3.8, 4) is 34.2 Å². The second-order valence-electron chi connectivity index (χ2n) is 8.21. The number of fused-ring (bicyclic) bond motifs is 2. The molecule has 0 atom stereocenters. The average Bonchev–Trinajstić information content (AvgIpc) is 2.92. The third-order valence-electron chi connectivity index (χ3n) is 5.99. The Hall–Kier alpha value is -4.46. The zero-order valence-corrected chi connectivity index (χ0v) is 18.6. The van der Waals surface area contributed by atoms with Crippen molar-refractivity contribution in [1.29, 1.82) is 0 Å². The number of nitrogens with zero attached hydrogens (tertiary/aromatic N) is 4. The Labute approximate surface area is 201 Å². The number of rotatable bonds is 4. The summed E-state index contributed by atoms with van der Waals surface area (Å²) in [5, 5.41) is 22.1. The summed E-state index contributed by atoms with van der Waals surface area (Å²) in [5.41, 5.74) is 3.73. The predicted molar refractivity (Wildman–Crippen MR) is 139 cm³/mol. The molecule has 0 radical (unpaired) electrons. The molecule has 6 aromatic rings. The molecule has 2 heterocycles. The van der Waals surface area contributed by atoms with Crippen molar-refractivity contribution in [2.45, 2.75) is 0 Å². The number of hydrogen-bond acceptors (Lipinski definition) is 6. The van der Waals surface area contributed by atoms with E-state index in [1.165, 1.54) is 0 Å². The molecule has 0 unspecified atom stereocenters. The zero-order chi connectivity index (χ0) is 23.8. The third kappa shape index (κ3) is 3.93. The fourth-order valence-corrected chi connectivity index (χ4v) is 4.29. The quantitative estimate of drug-likeness (QED) is 0.306. The van der Waals surface area contributed by atoms with E-state index in [9.17, 15) is 10.0 Å². The molecule has 7 heteroatoms. The average molecular weight is 454 g/mol. The molecule has 6 nitrogen and oxygen atoms in total. The van der Waals surface area contributed by atoms with Crippen molar-refractivity contribution in [2.75, 3.05) is 0 Å². The monoisotopic (exact) mass is 454 g/mol. The molecule has 0 aliphatic heterocycles. The summed E-state index contributed by atoms with van der Waals surface area (Å²) in [4.78, 5) is 18.9. The van der Waals surface area contributed by atoms with Crippen molar-refractivity contribution < 1.29 is 10.0 Å². The van der Waals surface area contributed by atoms with Crippen molar-refractivity contribution in [3.05, 3.63) is 103 Å². The Kier molecular flexibility index (Phi) is 5.26. The molecule has 4 aromatic carbocycles. The molecular weight excluding hydrogens is 435 g/mol. The molecule has 35 heavy (non-hydrogen) atoms. The second kappa shape index (κ2) is 8.72. The van der Waals surface area contributed by atoms with Gasteiger partial charge in [0.05, 0.1) is 5.52 Å². The van der Waals surface area contributed by atoms with Gasteiger partial charge in [-0.25, -0.2) is 15.0 Å². The van der Waals surface area contributed by atoms with E-state index >= 15 is 0 Å². The maximum absolute atomic E-state index is 9.80. The van der Waals surface area contributed by atoms with Crippen LogP contribution in [0.25, 0.3) is 55.8 Å². The summed E-state index contributed by atoms with van der Waals surface area (Å²) in [6.45, 7) is 0. The van der Waals surface area contributed by atoms with Crippen LogP contribution in [0.5, 0.6) is 0 Å². The minimum atomic E-state index is -1.58. The van der Waals surface area contributed by atoms with Crippen LogP contribution in [0.4, 0.5) is 0 Å². The van der Waals surface area contributed by atoms with Gasteiger partial charge in [-0.05, 0) is 34.4 Å². The first-order valence-corrected chi connectivity index (χ1v) is 11.2. The highest BCUT2D eigenvalue weighted by Gasteiger charge is 2.18. The molecule has 0 fully saturated rings. The maximum Gasteiger partial charge on any atom is 0.489 e. The summed E-state index contributed by atoms with van der Waals surface area (Å²) in [6, 6.07) is 31.1. The van der Waals surface area contributed by atoms with Gasteiger partial charge >= 0.3 is 7.12 Å². The summed E-state index contributed by atoms with van der Waals surface area (Å²) in [6.07, 6.45) is 1.58. The summed E-state index contributed by atoms with van der Waals surface area (Å²) < 4.78 is 0. The Morgan fingerprint density at radius 3 is 1.83 bits per heavy atom. The first kappa shape index (κ1) is 21.1. The molecule has 0 bridgehead atoms. The minimum Gasteiger partial charge on any atom is -0.423 e. The molecule has 0 amide bonds. The number of hydrogen-bond donors (Lipinski definition) is 2. The smallest absolute Gasteiger partial charge is 0.423 e. The molecular formula is C28H19BN4O2. The lowest BCUT2D eigenvalue weighted by Crippen LogP contribution is -2.30. The van der Waals surface area contributed by atoms with Crippen molar-refractivity contribution in [3.63, 3.8) is 0 Å². The number of aromatic nitrogens is 4. The van der Waals surface area contributed by atoms with Crippen molar-refractivity contribution in [2.24, 2.45) is 0 Å². The van der Waals surface area contributed by atoms with E-state index in [2.05, 4.69) is 4.98 Å². The van der Waals surface area contributed by atoms with Gasteiger partial charge in [0.2, 0.25) is 0 Å². The van der Waals surface area contributed by atoms with Gasteiger partial charge in [0.25, 0.3) is 0 Å². The van der Waals surface area contributed by atoms with Gasteiger partial charge in [-0.15, -0.1) is 0 Å². The molecule has 0 saturated carbocycles. The Morgan fingerprint density at radius 2 is 1.20 bits per heavy atom. The highest BCUT2D eigenvalue weighted by molar-refractivity contribution is 6.62. The van der Waals surface area contributed by atoms with Crippen LogP contribution in [0, 0.1) is 0 Å². The first-order chi connectivity index (χ1) is 17.2. The van der Waals surface area contributed by atoms with Crippen LogP contribution in [0.1, 0.15) is 0 Å². The fourth-order valence-electron chi connectivity index (χ4n) is 4.29. The van der Waals surface area contributed by atoms with E-state index in [1.54, 1.807) is 12.3 Å². The lowest BCUT2D eigenvalue weighted by atomic mass is 9.78. The molecule has 0 spiro atoms. The van der Waals surface area contributed by atoms with E-state index < -0.39 is 7.12 Å². The standard InChI is InChI=1S/C28H19BN4O2/c34-29(35)24-14-15-30-25-17-22-20(16-23(24)25)12-7-13-21(22)28-32-26(18-8-3-1-4-9-18)31-27(33-28)19-10-5-2-6-11-19/h1-17,34-35H. The number of benzene rings is 4.